The molecule has 0 fully saturated rings. The molecule has 2 aromatic heterocycles. The zero-order valence-corrected chi connectivity index (χ0v) is 66.7. The van der Waals surface area contributed by atoms with Crippen LogP contribution >= 0.6 is 0 Å². The molecule has 0 radical (unpaired) electrons. The van der Waals surface area contributed by atoms with E-state index >= 15 is 0 Å². The van der Waals surface area contributed by atoms with E-state index in [2.05, 4.69) is 118 Å². The van der Waals surface area contributed by atoms with Gasteiger partial charge in [0, 0.05) is 66.8 Å². The Labute approximate surface area is 753 Å². The molecule has 0 aliphatic heterocycles. The van der Waals surface area contributed by atoms with Gasteiger partial charge < -0.3 is 18.9 Å². The second-order valence-corrected chi connectivity index (χ2v) is 29.9. The van der Waals surface area contributed by atoms with Crippen LogP contribution in [0.4, 0.5) is 34.1 Å². The fourth-order valence-electron chi connectivity index (χ4n) is 16.4. The first-order valence-electron chi connectivity index (χ1n) is 51.3. The molecule has 22 aromatic rings. The smallest absolute Gasteiger partial charge is 0.0645 e. The molecule has 0 N–H and O–H groups in total. The summed E-state index contributed by atoms with van der Waals surface area (Å²) in [4.78, 5) is 3.00. The lowest BCUT2D eigenvalue weighted by atomic mass is 9.98. The monoisotopic (exact) mass is 1600 g/mol. The quantitative estimate of drug-likeness (QED) is 0.0851. The Balaban J connectivity index is 0.000000173. The maximum Gasteiger partial charge on any atom is 0.0645 e. The lowest BCUT2D eigenvalue weighted by Crippen LogP contribution is -2.11. The van der Waals surface area contributed by atoms with Crippen molar-refractivity contribution in [2.45, 2.75) is 0 Å². The minimum absolute atomic E-state index is 0.0662. The molecule has 0 spiro atoms. The summed E-state index contributed by atoms with van der Waals surface area (Å²) in [6, 6.07) is 112. The van der Waals surface area contributed by atoms with Crippen molar-refractivity contribution in [3.63, 3.8) is 0 Å². The highest BCUT2D eigenvalue weighted by atomic mass is 15.2. The van der Waals surface area contributed by atoms with E-state index in [1.165, 1.54) is 0 Å². The van der Waals surface area contributed by atoms with Gasteiger partial charge in [-0.05, 0) is 221 Å². The largest absolute Gasteiger partial charge is 0.310 e. The third-order valence-electron chi connectivity index (χ3n) is 22.5. The van der Waals surface area contributed by atoms with Crippen molar-refractivity contribution in [3.8, 4) is 123 Å². The number of benzene rings is 20. The van der Waals surface area contributed by atoms with Gasteiger partial charge in [-0.25, -0.2) is 0 Å². The Morgan fingerprint density at radius 3 is 0.879 bits per heavy atom. The molecular weight excluding hydrogens is 1500 g/mol. The van der Waals surface area contributed by atoms with Crippen molar-refractivity contribution >= 4 is 77.7 Å². The van der Waals surface area contributed by atoms with Gasteiger partial charge in [0.05, 0.1) is 62.2 Å². The van der Waals surface area contributed by atoms with Crippen LogP contribution < -0.4 is 9.80 Å². The van der Waals surface area contributed by atoms with E-state index in [0.717, 1.165) is 127 Å². The number of para-hydroxylation sites is 4. The number of hydrogen-bond donors (Lipinski definition) is 0. The van der Waals surface area contributed by atoms with Gasteiger partial charge in [-0.1, -0.05) is 388 Å². The van der Waals surface area contributed by atoms with Gasteiger partial charge >= 0.3 is 0 Å². The van der Waals surface area contributed by atoms with E-state index in [0.29, 0.717) is 22.4 Å². The molecule has 4 heteroatoms. The van der Waals surface area contributed by atoms with Crippen molar-refractivity contribution in [2.24, 2.45) is 0 Å². The molecule has 0 bridgehead atoms. The van der Waals surface area contributed by atoms with Gasteiger partial charge in [0.15, 0.2) is 0 Å². The van der Waals surface area contributed by atoms with Crippen LogP contribution in [0, 0.1) is 0 Å². The maximum atomic E-state index is 9.84. The van der Waals surface area contributed by atoms with Crippen LogP contribution in [0.15, 0.2) is 509 Å². The van der Waals surface area contributed by atoms with Crippen LogP contribution in [0.2, 0.25) is 0 Å². The molecule has 22 rings (SSSR count). The van der Waals surface area contributed by atoms with Gasteiger partial charge in [-0.15, -0.1) is 0 Å². The first kappa shape index (κ1) is 55.4. The number of hydrogen-bond acceptors (Lipinski definition) is 2. The molecule has 0 saturated heterocycles. The van der Waals surface area contributed by atoms with Crippen molar-refractivity contribution < 1.29 is 28.8 Å². The highest BCUT2D eigenvalue weighted by molar-refractivity contribution is 6.12. The Morgan fingerprint density at radius 1 is 0.161 bits per heavy atom. The molecule has 0 saturated carbocycles. The van der Waals surface area contributed by atoms with E-state index in [1.54, 1.807) is 30.3 Å². The topological polar surface area (TPSA) is 16.3 Å². The summed E-state index contributed by atoms with van der Waals surface area (Å²) in [7, 11) is 0. The molecule has 2 heterocycles. The fourth-order valence-corrected chi connectivity index (χ4v) is 16.4. The van der Waals surface area contributed by atoms with E-state index < -0.39 is 136 Å². The number of aromatic nitrogens is 2. The van der Waals surface area contributed by atoms with Crippen molar-refractivity contribution in [2.75, 3.05) is 9.80 Å². The number of nitrogens with zero attached hydrogens (tertiary/aromatic N) is 4. The van der Waals surface area contributed by atoms with Crippen molar-refractivity contribution in [3.05, 3.63) is 509 Å². The Hall–Kier alpha value is -16.4. The molecular formula is C120H84N4. The molecule has 4 nitrogen and oxygen atoms in total. The molecule has 0 aliphatic carbocycles. The van der Waals surface area contributed by atoms with E-state index in [4.69, 9.17) is 9.60 Å². The van der Waals surface area contributed by atoms with Crippen LogP contribution in [0.1, 0.15) is 28.8 Å². The van der Waals surface area contributed by atoms with E-state index in [-0.39, 0.29) is 46.7 Å². The molecule has 124 heavy (non-hydrogen) atoms. The Morgan fingerprint density at radius 2 is 0.452 bits per heavy atom. The number of anilines is 6. The predicted octanol–water partition coefficient (Wildman–Crippen LogP) is 33.2. The van der Waals surface area contributed by atoms with Crippen LogP contribution in [-0.4, -0.2) is 9.13 Å². The molecule has 0 atom stereocenters. The molecule has 0 amide bonds. The van der Waals surface area contributed by atoms with Crippen molar-refractivity contribution in [1.29, 1.82) is 0 Å². The van der Waals surface area contributed by atoms with Crippen molar-refractivity contribution in [1.82, 2.24) is 9.13 Å². The molecule has 20 aromatic carbocycles. The summed E-state index contributed by atoms with van der Waals surface area (Å²) >= 11 is 0. The third-order valence-corrected chi connectivity index (χ3v) is 22.5. The molecule has 584 valence electrons. The fraction of sp³-hybridized carbons (Fsp3) is 0. The van der Waals surface area contributed by atoms with Gasteiger partial charge in [0.2, 0.25) is 0 Å². The second-order valence-electron chi connectivity index (χ2n) is 29.9. The minimum atomic E-state index is -0.899. The highest BCUT2D eigenvalue weighted by Gasteiger charge is 2.23. The standard InChI is InChI=1S/2C60H42N2/c2*1-4-14-43(15-5-1)46-24-26-50(27-25-46)55-20-10-12-22-58(55)61(52-35-28-47(29-36-52)44-16-6-2-7-17-44)53-37-32-49(33-38-53)51-34-41-60-57(42-51)56-21-11-13-23-59(56)62(60)54-39-30-48(31-40-54)45-18-8-3-9-19-45/h2*1-42H/i1D,4D,5D,10D,12D,14D,15D,20D,22D,24D,25D,26D,27D,32D,33D,37D,38D;32D,33D,37D,38D. The summed E-state index contributed by atoms with van der Waals surface area (Å²) in [5.74, 6) is 0. The Kier molecular flexibility index (Phi) is 15.1. The van der Waals surface area contributed by atoms with Crippen LogP contribution in [-0.2, 0) is 0 Å². The normalized spacial score (nSPS) is 13.6. The first-order valence-corrected chi connectivity index (χ1v) is 40.8. The van der Waals surface area contributed by atoms with Gasteiger partial charge in [0.1, 0.15) is 0 Å². The van der Waals surface area contributed by atoms with Crippen LogP contribution in [0.25, 0.3) is 166 Å². The highest BCUT2D eigenvalue weighted by Crippen LogP contribution is 2.47. The predicted molar refractivity (Wildman–Crippen MR) is 525 cm³/mol. The number of fused-ring (bicyclic) bond motifs is 6. The summed E-state index contributed by atoms with van der Waals surface area (Å²) in [5.41, 5.74) is 17.0. The Bertz CT molecular complexity index is 8770. The average Bonchev–Trinajstić information content (AvgIpc) is 1.03. The third kappa shape index (κ3) is 15.0. The van der Waals surface area contributed by atoms with E-state index in [9.17, 15) is 19.2 Å². The zero-order chi connectivity index (χ0) is 101. The zero-order valence-electron chi connectivity index (χ0n) is 87.7. The lowest BCUT2D eigenvalue weighted by molar-refractivity contribution is 1.18. The summed E-state index contributed by atoms with van der Waals surface area (Å²) in [5, 5.41) is 3.63. The van der Waals surface area contributed by atoms with Crippen LogP contribution in [0.3, 0.4) is 0 Å². The maximum absolute atomic E-state index is 9.84. The summed E-state index contributed by atoms with van der Waals surface area (Å²) in [6.07, 6.45) is 0. The first-order chi connectivity index (χ1) is 70.3. The SMILES string of the molecule is [2H]c1c([2H])c(N(c2ccc(-c3ccccc3)cc2)c2ccccc2-c2ccc(-c3ccccc3)cc2)c([2H])c([2H])c1-c1ccc2c(c1)c1ccccc1n2-c1ccc(-c2ccccc2)cc1.[2H]c1c([2H])c([2H])c(-c2c([2H])c([2H])c(-c3c([2H])c([2H])c([2H])c([2H])c3N(c3ccc(-c4ccccc4)cc3)c3c([2H])c([2H])c(-c4ccc5c(c4)c4ccccc4n5-c4ccc(-c5ccccc5)cc4)c([2H])c3[2H])c([2H])c2[2H])c([2H])c1[2H]. The van der Waals surface area contributed by atoms with Gasteiger partial charge in [0.25, 0.3) is 0 Å². The van der Waals surface area contributed by atoms with E-state index in [1.807, 2.05) is 248 Å². The summed E-state index contributed by atoms with van der Waals surface area (Å²) < 4.78 is 199. The van der Waals surface area contributed by atoms with Gasteiger partial charge in [-0.2, -0.15) is 0 Å². The lowest BCUT2D eigenvalue weighted by Gasteiger charge is -2.28. The molecule has 0 aliphatic rings. The summed E-state index contributed by atoms with van der Waals surface area (Å²) in [6.45, 7) is 0. The van der Waals surface area contributed by atoms with Crippen LogP contribution in [0.5, 0.6) is 0 Å². The minimum Gasteiger partial charge on any atom is -0.310 e. The van der Waals surface area contributed by atoms with Gasteiger partial charge in [-0.3, -0.25) is 0 Å². The average molecular weight is 1600 g/mol. The molecule has 0 unspecified atom stereocenters. The number of rotatable bonds is 18. The second kappa shape index (κ2) is 33.8.